The Morgan fingerprint density at radius 1 is 0.765 bits per heavy atom. The normalized spacial score (nSPS) is 11.3. The molecule has 2 heteroatoms. The first-order chi connectivity index (χ1) is 7.86. The van der Waals surface area contributed by atoms with Gasteiger partial charge in [-0.25, -0.2) is 0 Å². The fourth-order valence-electron chi connectivity index (χ4n) is 1.70. The maximum atomic E-state index is 5.56. The van der Waals surface area contributed by atoms with Crippen molar-refractivity contribution in [3.05, 3.63) is 0 Å². The van der Waals surface area contributed by atoms with Gasteiger partial charge in [-0.2, -0.15) is 0 Å². The molecule has 0 bridgehead atoms. The van der Waals surface area contributed by atoms with Gasteiger partial charge < -0.3 is 9.47 Å². The standard InChI is InChI=1S/C9H20O.C6H14O/c1-6-10-9(7(2)3)8(4)5;1-4-7-5-6(2)3/h7-9H,6H2,1-5H3;6H,4-5H2,1-3H3. The minimum atomic E-state index is 0.435. The van der Waals surface area contributed by atoms with Gasteiger partial charge in [0, 0.05) is 19.8 Å². The maximum Gasteiger partial charge on any atom is 0.0620 e. The molecular weight excluding hydrogens is 212 g/mol. The lowest BCUT2D eigenvalue weighted by Gasteiger charge is -2.24. The molecule has 0 fully saturated rings. The smallest absolute Gasteiger partial charge is 0.0620 e. The van der Waals surface area contributed by atoms with Gasteiger partial charge in [-0.15, -0.1) is 0 Å². The van der Waals surface area contributed by atoms with E-state index in [1.807, 2.05) is 6.92 Å². The van der Waals surface area contributed by atoms with Crippen molar-refractivity contribution >= 4 is 0 Å². The fraction of sp³-hybridized carbons (Fsp3) is 1.00. The lowest BCUT2D eigenvalue weighted by Crippen LogP contribution is -2.25. The first-order valence-corrected chi connectivity index (χ1v) is 7.05. The van der Waals surface area contributed by atoms with Crippen LogP contribution in [0.2, 0.25) is 0 Å². The van der Waals surface area contributed by atoms with E-state index < -0.39 is 0 Å². The molecule has 0 radical (unpaired) electrons. The van der Waals surface area contributed by atoms with Crippen LogP contribution in [-0.2, 0) is 9.47 Å². The summed E-state index contributed by atoms with van der Waals surface area (Å²) in [4.78, 5) is 0. The quantitative estimate of drug-likeness (QED) is 0.663. The molecule has 106 valence electrons. The van der Waals surface area contributed by atoms with Gasteiger partial charge >= 0.3 is 0 Å². The Labute approximate surface area is 109 Å². The van der Waals surface area contributed by atoms with Crippen LogP contribution in [-0.4, -0.2) is 25.9 Å². The Morgan fingerprint density at radius 3 is 1.35 bits per heavy atom. The highest BCUT2D eigenvalue weighted by Gasteiger charge is 2.16. The second kappa shape index (κ2) is 12.4. The monoisotopic (exact) mass is 246 g/mol. The first-order valence-electron chi connectivity index (χ1n) is 7.05. The number of ether oxygens (including phenoxy) is 2. The summed E-state index contributed by atoms with van der Waals surface area (Å²) in [5.74, 6) is 1.96. The van der Waals surface area contributed by atoms with E-state index in [0.29, 0.717) is 23.9 Å². The van der Waals surface area contributed by atoms with Crippen molar-refractivity contribution in [2.75, 3.05) is 19.8 Å². The molecule has 0 aliphatic rings. The molecule has 0 aliphatic heterocycles. The predicted octanol–water partition coefficient (Wildman–Crippen LogP) is 4.38. The zero-order chi connectivity index (χ0) is 13.8. The molecule has 0 aromatic carbocycles. The summed E-state index contributed by atoms with van der Waals surface area (Å²) in [6.45, 7) is 19.8. The van der Waals surface area contributed by atoms with E-state index in [4.69, 9.17) is 9.47 Å². The van der Waals surface area contributed by atoms with Gasteiger partial charge in [0.1, 0.15) is 0 Å². The van der Waals surface area contributed by atoms with Gasteiger partial charge in [-0.1, -0.05) is 41.5 Å². The van der Waals surface area contributed by atoms with Crippen LogP contribution >= 0.6 is 0 Å². The minimum Gasteiger partial charge on any atom is -0.381 e. The minimum absolute atomic E-state index is 0.435. The van der Waals surface area contributed by atoms with Gasteiger partial charge in [0.05, 0.1) is 6.10 Å². The lowest BCUT2D eigenvalue weighted by molar-refractivity contribution is -0.000762. The van der Waals surface area contributed by atoms with Crippen LogP contribution in [0.3, 0.4) is 0 Å². The van der Waals surface area contributed by atoms with Crippen molar-refractivity contribution in [2.24, 2.45) is 17.8 Å². The molecule has 0 spiro atoms. The van der Waals surface area contributed by atoms with Crippen LogP contribution in [0.15, 0.2) is 0 Å². The van der Waals surface area contributed by atoms with Crippen LogP contribution in [0.25, 0.3) is 0 Å². The summed E-state index contributed by atoms with van der Waals surface area (Å²) < 4.78 is 10.7. The van der Waals surface area contributed by atoms with E-state index in [-0.39, 0.29) is 0 Å². The zero-order valence-corrected chi connectivity index (χ0v) is 13.2. The zero-order valence-electron chi connectivity index (χ0n) is 13.2. The van der Waals surface area contributed by atoms with Crippen LogP contribution in [0.1, 0.15) is 55.4 Å². The van der Waals surface area contributed by atoms with Gasteiger partial charge in [-0.3, -0.25) is 0 Å². The SMILES string of the molecule is CCOC(C(C)C)C(C)C.CCOCC(C)C. The topological polar surface area (TPSA) is 18.5 Å². The molecule has 0 aromatic rings. The lowest BCUT2D eigenvalue weighted by atomic mass is 9.96. The Bertz CT molecular complexity index is 134. The summed E-state index contributed by atoms with van der Waals surface area (Å²) in [5, 5.41) is 0. The Kier molecular flexibility index (Phi) is 14.0. The van der Waals surface area contributed by atoms with Crippen LogP contribution < -0.4 is 0 Å². The molecule has 0 saturated carbocycles. The molecular formula is C15H34O2. The number of hydrogen-bond acceptors (Lipinski definition) is 2. The fourth-order valence-corrected chi connectivity index (χ4v) is 1.70. The molecule has 17 heavy (non-hydrogen) atoms. The highest BCUT2D eigenvalue weighted by molar-refractivity contribution is 4.65. The van der Waals surface area contributed by atoms with E-state index in [0.717, 1.165) is 19.8 Å². The Morgan fingerprint density at radius 2 is 1.24 bits per heavy atom. The van der Waals surface area contributed by atoms with Crippen LogP contribution in [0.4, 0.5) is 0 Å². The van der Waals surface area contributed by atoms with Crippen LogP contribution in [0, 0.1) is 17.8 Å². The Hall–Kier alpha value is -0.0800. The van der Waals surface area contributed by atoms with Crippen molar-refractivity contribution in [3.8, 4) is 0 Å². The second-order valence-electron chi connectivity index (χ2n) is 5.46. The summed E-state index contributed by atoms with van der Waals surface area (Å²) in [7, 11) is 0. The van der Waals surface area contributed by atoms with E-state index in [1.54, 1.807) is 0 Å². The number of rotatable bonds is 7. The molecule has 0 heterocycles. The molecule has 2 nitrogen and oxygen atoms in total. The Balaban J connectivity index is 0. The molecule has 0 N–H and O–H groups in total. The third kappa shape index (κ3) is 13.9. The molecule has 0 saturated heterocycles. The number of hydrogen-bond donors (Lipinski definition) is 0. The van der Waals surface area contributed by atoms with Crippen molar-refractivity contribution in [2.45, 2.75) is 61.5 Å². The van der Waals surface area contributed by atoms with Gasteiger partial charge in [0.2, 0.25) is 0 Å². The molecule has 0 rings (SSSR count). The highest BCUT2D eigenvalue weighted by Crippen LogP contribution is 2.15. The molecule has 0 aromatic heterocycles. The summed E-state index contributed by atoms with van der Waals surface area (Å²) in [6, 6.07) is 0. The van der Waals surface area contributed by atoms with Gasteiger partial charge in [0.15, 0.2) is 0 Å². The maximum absolute atomic E-state index is 5.56. The van der Waals surface area contributed by atoms with Gasteiger partial charge in [-0.05, 0) is 31.6 Å². The average molecular weight is 246 g/mol. The van der Waals surface area contributed by atoms with Crippen molar-refractivity contribution in [1.29, 1.82) is 0 Å². The average Bonchev–Trinajstić information content (AvgIpc) is 2.22. The third-order valence-corrected chi connectivity index (χ3v) is 2.33. The molecule has 0 unspecified atom stereocenters. The molecule has 0 aliphatic carbocycles. The van der Waals surface area contributed by atoms with Crippen molar-refractivity contribution in [3.63, 3.8) is 0 Å². The van der Waals surface area contributed by atoms with E-state index in [1.165, 1.54) is 0 Å². The van der Waals surface area contributed by atoms with E-state index in [9.17, 15) is 0 Å². The van der Waals surface area contributed by atoms with Crippen molar-refractivity contribution < 1.29 is 9.47 Å². The molecule has 0 atom stereocenters. The third-order valence-electron chi connectivity index (χ3n) is 2.33. The van der Waals surface area contributed by atoms with E-state index >= 15 is 0 Å². The highest BCUT2D eigenvalue weighted by atomic mass is 16.5. The van der Waals surface area contributed by atoms with Crippen molar-refractivity contribution in [1.82, 2.24) is 0 Å². The largest absolute Gasteiger partial charge is 0.381 e. The predicted molar refractivity (Wildman–Crippen MR) is 76.4 cm³/mol. The second-order valence-corrected chi connectivity index (χ2v) is 5.46. The van der Waals surface area contributed by atoms with Crippen LogP contribution in [0.5, 0.6) is 0 Å². The van der Waals surface area contributed by atoms with E-state index in [2.05, 4.69) is 48.5 Å². The molecule has 0 amide bonds. The van der Waals surface area contributed by atoms with Gasteiger partial charge in [0.25, 0.3) is 0 Å². The summed E-state index contributed by atoms with van der Waals surface area (Å²) in [6.07, 6.45) is 0.435. The first kappa shape index (κ1) is 19.3. The summed E-state index contributed by atoms with van der Waals surface area (Å²) in [5.41, 5.74) is 0. The summed E-state index contributed by atoms with van der Waals surface area (Å²) >= 11 is 0.